The molecule has 3 rings (SSSR count). The van der Waals surface area contributed by atoms with E-state index >= 15 is 0 Å². The molecule has 0 saturated heterocycles. The second-order valence-electron chi connectivity index (χ2n) is 4.52. The van der Waals surface area contributed by atoms with Crippen molar-refractivity contribution in [1.29, 1.82) is 0 Å². The molecule has 0 radical (unpaired) electrons. The summed E-state index contributed by atoms with van der Waals surface area (Å²) in [6, 6.07) is 13.8. The van der Waals surface area contributed by atoms with E-state index in [0.717, 1.165) is 10.9 Å². The Labute approximate surface area is 124 Å². The minimum atomic E-state index is -0.993. The van der Waals surface area contributed by atoms with Crippen LogP contribution in [0.5, 0.6) is 0 Å². The van der Waals surface area contributed by atoms with Crippen LogP contribution in [-0.2, 0) is 0 Å². The molecule has 0 amide bonds. The maximum atomic E-state index is 13.9. The number of rotatable bonds is 2. The highest BCUT2D eigenvalue weighted by atomic mass is 79.9. The lowest BCUT2D eigenvalue weighted by atomic mass is 9.99. The molecule has 100 valence electrons. The van der Waals surface area contributed by atoms with Crippen LogP contribution in [0.15, 0.2) is 59.2 Å². The molecule has 0 spiro atoms. The first-order valence-corrected chi connectivity index (χ1v) is 6.92. The van der Waals surface area contributed by atoms with Crippen molar-refractivity contribution in [3.8, 4) is 0 Å². The number of fused-ring (bicyclic) bond motifs is 1. The second kappa shape index (κ2) is 5.31. The zero-order chi connectivity index (χ0) is 14.1. The standard InChI is InChI=1S/C16H11BrFNO/c17-12-4-5-13(14(18)9-12)16(20)11-3-6-15-10(8-11)2-1-7-19-15/h1-9,16,20H. The van der Waals surface area contributed by atoms with Crippen LogP contribution in [0.4, 0.5) is 4.39 Å². The minimum Gasteiger partial charge on any atom is -0.384 e. The van der Waals surface area contributed by atoms with Crippen molar-refractivity contribution in [1.82, 2.24) is 4.98 Å². The summed E-state index contributed by atoms with van der Waals surface area (Å²) in [6.45, 7) is 0. The fraction of sp³-hybridized carbons (Fsp3) is 0.0625. The molecule has 0 fully saturated rings. The minimum absolute atomic E-state index is 0.261. The molecule has 1 N–H and O–H groups in total. The van der Waals surface area contributed by atoms with Crippen molar-refractivity contribution in [3.63, 3.8) is 0 Å². The quantitative estimate of drug-likeness (QED) is 0.762. The molecular formula is C16H11BrFNO. The molecule has 1 aromatic heterocycles. The fourth-order valence-corrected chi connectivity index (χ4v) is 2.50. The third-order valence-electron chi connectivity index (χ3n) is 3.20. The van der Waals surface area contributed by atoms with Gasteiger partial charge in [0.1, 0.15) is 11.9 Å². The predicted molar refractivity (Wildman–Crippen MR) is 79.9 cm³/mol. The Kier molecular flexibility index (Phi) is 3.51. The summed E-state index contributed by atoms with van der Waals surface area (Å²) in [4.78, 5) is 4.22. The highest BCUT2D eigenvalue weighted by Gasteiger charge is 2.15. The normalized spacial score (nSPS) is 12.6. The number of hydrogen-bond donors (Lipinski definition) is 1. The van der Waals surface area contributed by atoms with Gasteiger partial charge in [0.05, 0.1) is 5.52 Å². The van der Waals surface area contributed by atoms with E-state index in [-0.39, 0.29) is 5.56 Å². The molecule has 20 heavy (non-hydrogen) atoms. The van der Waals surface area contributed by atoms with Crippen molar-refractivity contribution in [2.24, 2.45) is 0 Å². The van der Waals surface area contributed by atoms with E-state index in [1.807, 2.05) is 24.3 Å². The lowest BCUT2D eigenvalue weighted by molar-refractivity contribution is 0.215. The number of halogens is 2. The Balaban J connectivity index is 2.05. The van der Waals surface area contributed by atoms with Crippen molar-refractivity contribution >= 4 is 26.8 Å². The summed E-state index contributed by atoms with van der Waals surface area (Å²) in [5, 5.41) is 11.3. The summed E-state index contributed by atoms with van der Waals surface area (Å²) in [7, 11) is 0. The molecular weight excluding hydrogens is 321 g/mol. The van der Waals surface area contributed by atoms with Crippen LogP contribution in [-0.4, -0.2) is 10.1 Å². The molecule has 0 aliphatic carbocycles. The predicted octanol–water partition coefficient (Wildman–Crippen LogP) is 4.22. The Morgan fingerprint density at radius 2 is 1.95 bits per heavy atom. The highest BCUT2D eigenvalue weighted by Crippen LogP contribution is 2.28. The van der Waals surface area contributed by atoms with Gasteiger partial charge in [-0.3, -0.25) is 4.98 Å². The van der Waals surface area contributed by atoms with E-state index in [1.54, 1.807) is 24.4 Å². The zero-order valence-electron chi connectivity index (χ0n) is 10.4. The van der Waals surface area contributed by atoms with E-state index in [2.05, 4.69) is 20.9 Å². The lowest BCUT2D eigenvalue weighted by Gasteiger charge is -2.13. The summed E-state index contributed by atoms with van der Waals surface area (Å²) >= 11 is 3.20. The van der Waals surface area contributed by atoms with Gasteiger partial charge in [0.15, 0.2) is 0 Å². The SMILES string of the molecule is OC(c1ccc2ncccc2c1)c1ccc(Br)cc1F. The number of hydrogen-bond acceptors (Lipinski definition) is 2. The molecule has 0 bridgehead atoms. The van der Waals surface area contributed by atoms with Crippen LogP contribution >= 0.6 is 15.9 Å². The van der Waals surface area contributed by atoms with Gasteiger partial charge in [-0.25, -0.2) is 4.39 Å². The van der Waals surface area contributed by atoms with Crippen molar-refractivity contribution in [2.75, 3.05) is 0 Å². The number of aliphatic hydroxyl groups excluding tert-OH is 1. The summed E-state index contributed by atoms with van der Waals surface area (Å²) in [5.41, 5.74) is 1.75. The number of aliphatic hydroxyl groups is 1. The Bertz CT molecular complexity index is 775. The Morgan fingerprint density at radius 3 is 2.75 bits per heavy atom. The van der Waals surface area contributed by atoms with Gasteiger partial charge >= 0.3 is 0 Å². The van der Waals surface area contributed by atoms with Gasteiger partial charge in [-0.15, -0.1) is 0 Å². The number of nitrogens with zero attached hydrogens (tertiary/aromatic N) is 1. The molecule has 1 atom stereocenters. The molecule has 0 aliphatic heterocycles. The van der Waals surface area contributed by atoms with Crippen molar-refractivity contribution in [3.05, 3.63) is 76.1 Å². The van der Waals surface area contributed by atoms with Crippen LogP contribution in [0.3, 0.4) is 0 Å². The van der Waals surface area contributed by atoms with Crippen molar-refractivity contribution < 1.29 is 9.50 Å². The maximum absolute atomic E-state index is 13.9. The Hall–Kier alpha value is -1.78. The third-order valence-corrected chi connectivity index (χ3v) is 3.69. The fourth-order valence-electron chi connectivity index (χ4n) is 2.17. The van der Waals surface area contributed by atoms with E-state index in [0.29, 0.717) is 10.0 Å². The zero-order valence-corrected chi connectivity index (χ0v) is 12.0. The van der Waals surface area contributed by atoms with Crippen molar-refractivity contribution in [2.45, 2.75) is 6.10 Å². The largest absolute Gasteiger partial charge is 0.384 e. The molecule has 4 heteroatoms. The van der Waals surface area contributed by atoms with Crippen LogP contribution in [0.2, 0.25) is 0 Å². The van der Waals surface area contributed by atoms with Gasteiger partial charge in [-0.2, -0.15) is 0 Å². The van der Waals surface area contributed by atoms with Crippen LogP contribution in [0.1, 0.15) is 17.2 Å². The first kappa shape index (κ1) is 13.2. The molecule has 0 aliphatic rings. The lowest BCUT2D eigenvalue weighted by Crippen LogP contribution is -2.02. The third kappa shape index (κ3) is 2.44. The topological polar surface area (TPSA) is 33.1 Å². The molecule has 2 nitrogen and oxygen atoms in total. The molecule has 0 saturated carbocycles. The first-order chi connectivity index (χ1) is 9.65. The van der Waals surface area contributed by atoms with E-state index in [1.165, 1.54) is 6.07 Å². The van der Waals surface area contributed by atoms with Crippen LogP contribution in [0, 0.1) is 5.82 Å². The van der Waals surface area contributed by atoms with E-state index in [9.17, 15) is 9.50 Å². The highest BCUT2D eigenvalue weighted by molar-refractivity contribution is 9.10. The van der Waals surface area contributed by atoms with Gasteiger partial charge in [-0.1, -0.05) is 34.1 Å². The number of benzene rings is 2. The number of pyridine rings is 1. The van der Waals surface area contributed by atoms with Gasteiger partial charge in [-0.05, 0) is 35.9 Å². The second-order valence-corrected chi connectivity index (χ2v) is 5.44. The average molecular weight is 332 g/mol. The summed E-state index contributed by atoms with van der Waals surface area (Å²) in [6.07, 6.45) is 0.722. The summed E-state index contributed by atoms with van der Waals surface area (Å²) < 4.78 is 14.5. The maximum Gasteiger partial charge on any atom is 0.130 e. The molecule has 2 aromatic carbocycles. The summed E-state index contributed by atoms with van der Waals surface area (Å²) in [5.74, 6) is -0.432. The van der Waals surface area contributed by atoms with Gasteiger partial charge in [0, 0.05) is 21.6 Å². The Morgan fingerprint density at radius 1 is 1.10 bits per heavy atom. The average Bonchev–Trinajstić information content (AvgIpc) is 2.46. The number of aromatic nitrogens is 1. The van der Waals surface area contributed by atoms with Gasteiger partial charge in [0.2, 0.25) is 0 Å². The smallest absolute Gasteiger partial charge is 0.130 e. The van der Waals surface area contributed by atoms with Crippen LogP contribution < -0.4 is 0 Å². The molecule has 1 heterocycles. The first-order valence-electron chi connectivity index (χ1n) is 6.13. The van der Waals surface area contributed by atoms with E-state index < -0.39 is 11.9 Å². The van der Waals surface area contributed by atoms with E-state index in [4.69, 9.17) is 0 Å². The molecule has 3 aromatic rings. The van der Waals surface area contributed by atoms with Crippen LogP contribution in [0.25, 0.3) is 10.9 Å². The monoisotopic (exact) mass is 331 g/mol. The van der Waals surface area contributed by atoms with Gasteiger partial charge in [0.25, 0.3) is 0 Å². The van der Waals surface area contributed by atoms with Gasteiger partial charge < -0.3 is 5.11 Å². The molecule has 1 unspecified atom stereocenters.